The number of anilines is 1. The van der Waals surface area contributed by atoms with Gasteiger partial charge in [0.05, 0.1) is 19.6 Å². The van der Waals surface area contributed by atoms with Crippen molar-refractivity contribution in [3.8, 4) is 12.3 Å². The van der Waals surface area contributed by atoms with Crippen LogP contribution >= 0.6 is 0 Å². The minimum atomic E-state index is -0.162. The Labute approximate surface area is 107 Å². The van der Waals surface area contributed by atoms with Gasteiger partial charge in [0, 0.05) is 11.3 Å². The third-order valence-electron chi connectivity index (χ3n) is 2.36. The summed E-state index contributed by atoms with van der Waals surface area (Å²) in [7, 11) is 0. The lowest BCUT2D eigenvalue weighted by molar-refractivity contribution is -0.117. The quantitative estimate of drug-likeness (QED) is 0.591. The summed E-state index contributed by atoms with van der Waals surface area (Å²) >= 11 is 0. The van der Waals surface area contributed by atoms with Gasteiger partial charge < -0.3 is 15.2 Å². The van der Waals surface area contributed by atoms with Gasteiger partial charge in [0.25, 0.3) is 0 Å². The maximum atomic E-state index is 11.6. The Morgan fingerprint density at radius 2 is 2.33 bits per heavy atom. The number of aliphatic hydroxyl groups excluding tert-OH is 1. The number of ether oxygens (including phenoxy) is 1. The number of nitrogens with one attached hydrogen (secondary N) is 1. The molecule has 1 amide bonds. The van der Waals surface area contributed by atoms with E-state index in [2.05, 4.69) is 11.2 Å². The zero-order valence-electron chi connectivity index (χ0n) is 10.4. The van der Waals surface area contributed by atoms with Crippen LogP contribution in [-0.2, 0) is 16.1 Å². The van der Waals surface area contributed by atoms with Gasteiger partial charge in [0.2, 0.25) is 5.91 Å². The molecule has 0 atom stereocenters. The summed E-state index contributed by atoms with van der Waals surface area (Å²) in [4.78, 5) is 11.6. The van der Waals surface area contributed by atoms with E-state index < -0.39 is 0 Å². The Morgan fingerprint density at radius 1 is 1.56 bits per heavy atom. The monoisotopic (exact) mass is 247 g/mol. The Bertz CT molecular complexity index is 449. The van der Waals surface area contributed by atoms with E-state index in [0.29, 0.717) is 11.3 Å². The molecule has 0 aliphatic carbocycles. The zero-order valence-corrected chi connectivity index (χ0v) is 10.4. The van der Waals surface area contributed by atoms with Crippen LogP contribution in [0.1, 0.15) is 17.5 Å². The minimum absolute atomic E-state index is 0.106. The largest absolute Gasteiger partial charge is 0.392 e. The van der Waals surface area contributed by atoms with E-state index in [1.165, 1.54) is 0 Å². The number of aliphatic hydroxyl groups is 1. The molecule has 0 heterocycles. The zero-order chi connectivity index (χ0) is 13.4. The molecule has 0 radical (unpaired) electrons. The fourth-order valence-electron chi connectivity index (χ4n) is 1.48. The fourth-order valence-corrected chi connectivity index (χ4v) is 1.48. The van der Waals surface area contributed by atoms with Crippen LogP contribution in [0.2, 0.25) is 0 Å². The Kier molecular flexibility index (Phi) is 5.92. The van der Waals surface area contributed by atoms with Crippen LogP contribution in [0.25, 0.3) is 0 Å². The van der Waals surface area contributed by atoms with Gasteiger partial charge in [-0.15, -0.1) is 6.42 Å². The molecule has 0 aliphatic rings. The van der Waals surface area contributed by atoms with E-state index in [1.54, 1.807) is 6.07 Å². The van der Waals surface area contributed by atoms with Gasteiger partial charge in [-0.1, -0.05) is 23.6 Å². The molecule has 0 spiro atoms. The highest BCUT2D eigenvalue weighted by Crippen LogP contribution is 2.17. The molecule has 0 saturated carbocycles. The molecule has 1 aromatic carbocycles. The van der Waals surface area contributed by atoms with E-state index in [4.69, 9.17) is 11.2 Å². The smallest absolute Gasteiger partial charge is 0.226 e. The summed E-state index contributed by atoms with van der Waals surface area (Å²) in [5.74, 6) is 2.17. The molecule has 2 N–H and O–H groups in total. The molecule has 0 aromatic heterocycles. The van der Waals surface area contributed by atoms with Gasteiger partial charge >= 0.3 is 0 Å². The van der Waals surface area contributed by atoms with Gasteiger partial charge in [-0.05, 0) is 13.0 Å². The van der Waals surface area contributed by atoms with Crippen LogP contribution in [0.4, 0.5) is 5.69 Å². The molecule has 0 saturated heterocycles. The summed E-state index contributed by atoms with van der Waals surface area (Å²) in [6, 6.07) is 5.50. The predicted octanol–water partition coefficient (Wildman–Crippen LogP) is 1.47. The van der Waals surface area contributed by atoms with Crippen molar-refractivity contribution in [2.45, 2.75) is 20.0 Å². The normalized spacial score (nSPS) is 9.83. The molecule has 4 nitrogen and oxygen atoms in total. The third-order valence-corrected chi connectivity index (χ3v) is 2.36. The van der Waals surface area contributed by atoms with Gasteiger partial charge in [0.15, 0.2) is 0 Å². The molecule has 0 bridgehead atoms. The Morgan fingerprint density at radius 3 is 3.00 bits per heavy atom. The topological polar surface area (TPSA) is 58.6 Å². The van der Waals surface area contributed by atoms with E-state index in [1.807, 2.05) is 19.1 Å². The molecular formula is C14H17NO3. The van der Waals surface area contributed by atoms with Crippen LogP contribution in [0, 0.1) is 19.3 Å². The molecule has 0 fully saturated rings. The average molecular weight is 247 g/mol. The van der Waals surface area contributed by atoms with Gasteiger partial charge in [-0.3, -0.25) is 4.79 Å². The lowest BCUT2D eigenvalue weighted by atomic mass is 10.1. The molecule has 4 heteroatoms. The Hall–Kier alpha value is -1.83. The van der Waals surface area contributed by atoms with Crippen molar-refractivity contribution in [2.24, 2.45) is 0 Å². The molecule has 96 valence electrons. The molecular weight excluding hydrogens is 230 g/mol. The highest BCUT2D eigenvalue weighted by molar-refractivity contribution is 5.91. The number of carbonyl (C=O) groups excluding carboxylic acids is 1. The van der Waals surface area contributed by atoms with Crippen molar-refractivity contribution in [2.75, 3.05) is 18.5 Å². The molecule has 0 aliphatic heterocycles. The third kappa shape index (κ3) is 4.58. The number of hydrogen-bond acceptors (Lipinski definition) is 3. The lowest BCUT2D eigenvalue weighted by Gasteiger charge is -2.10. The maximum Gasteiger partial charge on any atom is 0.226 e. The maximum absolute atomic E-state index is 11.6. The summed E-state index contributed by atoms with van der Waals surface area (Å²) in [5, 5.41) is 11.9. The van der Waals surface area contributed by atoms with Crippen molar-refractivity contribution in [1.29, 1.82) is 0 Å². The second-order valence-corrected chi connectivity index (χ2v) is 3.87. The molecule has 18 heavy (non-hydrogen) atoms. The summed E-state index contributed by atoms with van der Waals surface area (Å²) in [6.45, 7) is 2.32. The average Bonchev–Trinajstić information content (AvgIpc) is 2.37. The number of hydrogen-bond donors (Lipinski definition) is 2. The second-order valence-electron chi connectivity index (χ2n) is 3.87. The van der Waals surface area contributed by atoms with Gasteiger partial charge in [0.1, 0.15) is 6.61 Å². The summed E-state index contributed by atoms with van der Waals surface area (Å²) in [6.07, 6.45) is 5.25. The first-order valence-electron chi connectivity index (χ1n) is 5.69. The lowest BCUT2D eigenvalue weighted by Crippen LogP contribution is -2.15. The number of carbonyl (C=O) groups is 1. The molecule has 1 aromatic rings. The highest BCUT2D eigenvalue weighted by Gasteiger charge is 2.06. The van der Waals surface area contributed by atoms with Crippen molar-refractivity contribution >= 4 is 11.6 Å². The van der Waals surface area contributed by atoms with Crippen LogP contribution < -0.4 is 5.32 Å². The van der Waals surface area contributed by atoms with E-state index >= 15 is 0 Å². The first-order valence-corrected chi connectivity index (χ1v) is 5.69. The van der Waals surface area contributed by atoms with Crippen molar-refractivity contribution < 1.29 is 14.6 Å². The van der Waals surface area contributed by atoms with Crippen molar-refractivity contribution in [3.63, 3.8) is 0 Å². The standard InChI is InChI=1S/C14H17NO3/c1-3-7-18-8-6-14(17)15-13-5-4-11(2)9-12(13)10-16/h1,4-5,9,16H,6-8,10H2,2H3,(H,15,17). The second kappa shape index (κ2) is 7.49. The molecule has 1 rings (SSSR count). The van der Waals surface area contributed by atoms with Gasteiger partial charge in [-0.2, -0.15) is 0 Å². The number of benzene rings is 1. The van der Waals surface area contributed by atoms with Gasteiger partial charge in [-0.25, -0.2) is 0 Å². The highest BCUT2D eigenvalue weighted by atomic mass is 16.5. The van der Waals surface area contributed by atoms with Crippen LogP contribution in [-0.4, -0.2) is 24.2 Å². The first-order chi connectivity index (χ1) is 8.67. The number of amides is 1. The Balaban J connectivity index is 2.51. The molecule has 0 unspecified atom stereocenters. The van der Waals surface area contributed by atoms with Crippen LogP contribution in [0.5, 0.6) is 0 Å². The van der Waals surface area contributed by atoms with Crippen molar-refractivity contribution in [3.05, 3.63) is 29.3 Å². The summed E-state index contributed by atoms with van der Waals surface area (Å²) < 4.78 is 5.02. The van der Waals surface area contributed by atoms with Crippen LogP contribution in [0.3, 0.4) is 0 Å². The van der Waals surface area contributed by atoms with E-state index in [9.17, 15) is 9.90 Å². The minimum Gasteiger partial charge on any atom is -0.392 e. The number of terminal acetylenes is 1. The number of rotatable bonds is 6. The number of aryl methyl sites for hydroxylation is 1. The fraction of sp³-hybridized carbons (Fsp3) is 0.357. The van der Waals surface area contributed by atoms with Crippen LogP contribution in [0.15, 0.2) is 18.2 Å². The SMILES string of the molecule is C#CCOCCC(=O)Nc1ccc(C)cc1CO. The first kappa shape index (κ1) is 14.2. The van der Waals surface area contributed by atoms with E-state index in [0.717, 1.165) is 5.56 Å². The predicted molar refractivity (Wildman–Crippen MR) is 70.0 cm³/mol. The van der Waals surface area contributed by atoms with E-state index in [-0.39, 0.29) is 32.1 Å². The van der Waals surface area contributed by atoms with Crippen molar-refractivity contribution in [1.82, 2.24) is 0 Å². The summed E-state index contributed by atoms with van der Waals surface area (Å²) in [5.41, 5.74) is 2.37.